The summed E-state index contributed by atoms with van der Waals surface area (Å²) in [6.07, 6.45) is 0.0910. The van der Waals surface area contributed by atoms with Gasteiger partial charge in [0.2, 0.25) is 11.8 Å². The van der Waals surface area contributed by atoms with Crippen LogP contribution in [0.5, 0.6) is 5.75 Å². The third-order valence-corrected chi connectivity index (χ3v) is 5.09. The smallest absolute Gasteiger partial charge is 0.242 e. The molecule has 0 bridgehead atoms. The van der Waals surface area contributed by atoms with Crippen LogP contribution >= 0.6 is 11.8 Å². The van der Waals surface area contributed by atoms with Gasteiger partial charge in [0, 0.05) is 19.2 Å². The molecule has 0 aromatic heterocycles. The summed E-state index contributed by atoms with van der Waals surface area (Å²) in [5.41, 5.74) is 1.44. The minimum Gasteiger partial charge on any atom is -0.497 e. The van der Waals surface area contributed by atoms with Crippen LogP contribution in [-0.4, -0.2) is 41.3 Å². The first-order valence-electron chi connectivity index (χ1n) is 8.08. The Kier molecular flexibility index (Phi) is 5.58. The standard InChI is InChI=1S/C19H19N3O3S/c1-22-18(24)16(26-19(22)21-13-6-4-3-5-7-13)12-17(23)20-14-8-10-15(25-2)11-9-14/h3-11,16H,12H2,1-2H3,(H,20,23)/t16-/m0/s1. The molecule has 1 N–H and O–H groups in total. The molecule has 2 aromatic carbocycles. The number of amidine groups is 1. The Labute approximate surface area is 156 Å². The van der Waals surface area contributed by atoms with E-state index in [9.17, 15) is 9.59 Å². The number of thioether (sulfide) groups is 1. The van der Waals surface area contributed by atoms with E-state index in [2.05, 4.69) is 10.3 Å². The molecule has 0 spiro atoms. The first-order chi connectivity index (χ1) is 12.6. The summed E-state index contributed by atoms with van der Waals surface area (Å²) in [4.78, 5) is 30.7. The minimum atomic E-state index is -0.472. The number of nitrogens with zero attached hydrogens (tertiary/aromatic N) is 2. The second-order valence-electron chi connectivity index (χ2n) is 5.71. The maximum Gasteiger partial charge on any atom is 0.242 e. The SMILES string of the molecule is COc1ccc(NC(=O)C[C@@H]2SC(=Nc3ccccc3)N(C)C2=O)cc1. The lowest BCUT2D eigenvalue weighted by Crippen LogP contribution is -2.30. The van der Waals surface area contributed by atoms with Gasteiger partial charge in [-0.1, -0.05) is 30.0 Å². The highest BCUT2D eigenvalue weighted by atomic mass is 32.2. The van der Waals surface area contributed by atoms with Gasteiger partial charge in [0.1, 0.15) is 11.0 Å². The normalized spacial score (nSPS) is 18.2. The Hall–Kier alpha value is -2.80. The average Bonchev–Trinajstić information content (AvgIpc) is 2.91. The van der Waals surface area contributed by atoms with Crippen molar-refractivity contribution in [2.75, 3.05) is 19.5 Å². The van der Waals surface area contributed by atoms with Crippen LogP contribution in [0, 0.1) is 0 Å². The highest BCUT2D eigenvalue weighted by Crippen LogP contribution is 2.30. The number of nitrogens with one attached hydrogen (secondary N) is 1. The maximum atomic E-state index is 12.4. The van der Waals surface area contributed by atoms with Gasteiger partial charge in [-0.25, -0.2) is 4.99 Å². The average molecular weight is 369 g/mol. The van der Waals surface area contributed by atoms with Crippen molar-refractivity contribution in [3.8, 4) is 5.75 Å². The first-order valence-corrected chi connectivity index (χ1v) is 8.96. The number of benzene rings is 2. The predicted molar refractivity (Wildman–Crippen MR) is 104 cm³/mol. The second-order valence-corrected chi connectivity index (χ2v) is 6.88. The molecule has 2 amide bonds. The van der Waals surface area contributed by atoms with Gasteiger partial charge in [0.25, 0.3) is 0 Å². The van der Waals surface area contributed by atoms with Gasteiger partial charge in [-0.05, 0) is 36.4 Å². The molecule has 1 heterocycles. The molecule has 6 nitrogen and oxygen atoms in total. The molecule has 1 saturated heterocycles. The zero-order valence-electron chi connectivity index (χ0n) is 14.5. The van der Waals surface area contributed by atoms with Crippen LogP contribution in [0.3, 0.4) is 0 Å². The van der Waals surface area contributed by atoms with E-state index in [4.69, 9.17) is 4.74 Å². The lowest BCUT2D eigenvalue weighted by molar-refractivity contribution is -0.127. The Morgan fingerprint density at radius 2 is 1.88 bits per heavy atom. The molecule has 26 heavy (non-hydrogen) atoms. The monoisotopic (exact) mass is 369 g/mol. The zero-order valence-corrected chi connectivity index (χ0v) is 15.3. The Balaban J connectivity index is 1.63. The third-order valence-electron chi connectivity index (χ3n) is 3.87. The van der Waals surface area contributed by atoms with E-state index in [1.165, 1.54) is 16.7 Å². The minimum absolute atomic E-state index is 0.0910. The number of hydrogen-bond acceptors (Lipinski definition) is 5. The number of methoxy groups -OCH3 is 1. The number of hydrogen-bond donors (Lipinski definition) is 1. The molecule has 0 radical (unpaired) electrons. The van der Waals surface area contributed by atoms with Crippen LogP contribution in [0.4, 0.5) is 11.4 Å². The van der Waals surface area contributed by atoms with Gasteiger partial charge in [0.05, 0.1) is 12.8 Å². The van der Waals surface area contributed by atoms with Crippen LogP contribution in [0.1, 0.15) is 6.42 Å². The van der Waals surface area contributed by atoms with Crippen molar-refractivity contribution < 1.29 is 14.3 Å². The van der Waals surface area contributed by atoms with Gasteiger partial charge in [-0.2, -0.15) is 0 Å². The lowest BCUT2D eigenvalue weighted by atomic mass is 10.2. The van der Waals surface area contributed by atoms with Crippen molar-refractivity contribution in [1.82, 2.24) is 4.90 Å². The van der Waals surface area contributed by atoms with E-state index < -0.39 is 5.25 Å². The van der Waals surface area contributed by atoms with Gasteiger partial charge in [-0.15, -0.1) is 0 Å². The molecule has 134 valence electrons. The van der Waals surface area contributed by atoms with Crippen molar-refractivity contribution >= 4 is 40.1 Å². The molecule has 1 aliphatic heterocycles. The number of anilines is 1. The highest BCUT2D eigenvalue weighted by Gasteiger charge is 2.36. The molecule has 7 heteroatoms. The fraction of sp³-hybridized carbons (Fsp3) is 0.211. The summed E-state index contributed by atoms with van der Waals surface area (Å²) < 4.78 is 5.09. The number of rotatable bonds is 5. The van der Waals surface area contributed by atoms with Crippen LogP contribution in [0.2, 0.25) is 0 Å². The van der Waals surface area contributed by atoms with E-state index in [-0.39, 0.29) is 18.2 Å². The molecule has 2 aromatic rings. The molecular weight excluding hydrogens is 350 g/mol. The number of ether oxygens (including phenoxy) is 1. The van der Waals surface area contributed by atoms with Crippen LogP contribution < -0.4 is 10.1 Å². The number of carbonyl (C=O) groups excluding carboxylic acids is 2. The summed E-state index contributed by atoms with van der Waals surface area (Å²) in [5.74, 6) is 0.387. The van der Waals surface area contributed by atoms with Gasteiger partial charge in [0.15, 0.2) is 5.17 Å². The number of para-hydroxylation sites is 1. The summed E-state index contributed by atoms with van der Waals surface area (Å²) in [6, 6.07) is 16.5. The van der Waals surface area contributed by atoms with Crippen molar-refractivity contribution in [1.29, 1.82) is 0 Å². The van der Waals surface area contributed by atoms with Crippen molar-refractivity contribution in [2.24, 2.45) is 4.99 Å². The number of amides is 2. The fourth-order valence-electron chi connectivity index (χ4n) is 2.47. The topological polar surface area (TPSA) is 71.0 Å². The second kappa shape index (κ2) is 8.05. The fourth-order valence-corrected chi connectivity index (χ4v) is 3.62. The molecular formula is C19H19N3O3S. The molecule has 1 atom stereocenters. The molecule has 3 rings (SSSR count). The summed E-state index contributed by atoms with van der Waals surface area (Å²) >= 11 is 1.31. The van der Waals surface area contributed by atoms with Crippen LogP contribution in [-0.2, 0) is 9.59 Å². The third kappa shape index (κ3) is 4.23. The Morgan fingerprint density at radius 1 is 1.19 bits per heavy atom. The molecule has 0 aliphatic carbocycles. The van der Waals surface area contributed by atoms with Crippen molar-refractivity contribution in [3.63, 3.8) is 0 Å². The Bertz CT molecular complexity index is 822. The summed E-state index contributed by atoms with van der Waals surface area (Å²) in [6.45, 7) is 0. The number of carbonyl (C=O) groups is 2. The van der Waals surface area contributed by atoms with Gasteiger partial charge in [-0.3, -0.25) is 14.5 Å². The highest BCUT2D eigenvalue weighted by molar-refractivity contribution is 8.15. The summed E-state index contributed by atoms with van der Waals surface area (Å²) in [7, 11) is 3.26. The zero-order chi connectivity index (χ0) is 18.5. The molecule has 0 unspecified atom stereocenters. The van der Waals surface area contributed by atoms with Gasteiger partial charge < -0.3 is 10.1 Å². The summed E-state index contributed by atoms with van der Waals surface area (Å²) in [5, 5.41) is 2.93. The van der Waals surface area contributed by atoms with Gasteiger partial charge >= 0.3 is 0 Å². The first kappa shape index (κ1) is 18.0. The lowest BCUT2D eigenvalue weighted by Gasteiger charge is -2.09. The molecule has 1 fully saturated rings. The quantitative estimate of drug-likeness (QED) is 0.878. The van der Waals surface area contributed by atoms with Crippen LogP contribution in [0.25, 0.3) is 0 Å². The van der Waals surface area contributed by atoms with Crippen molar-refractivity contribution in [2.45, 2.75) is 11.7 Å². The van der Waals surface area contributed by atoms with E-state index in [0.717, 1.165) is 5.69 Å². The maximum absolute atomic E-state index is 12.4. The van der Waals surface area contributed by atoms with Crippen LogP contribution in [0.15, 0.2) is 59.6 Å². The van der Waals surface area contributed by atoms with E-state index in [1.54, 1.807) is 38.4 Å². The molecule has 1 aliphatic rings. The predicted octanol–water partition coefficient (Wildman–Crippen LogP) is 3.29. The van der Waals surface area contributed by atoms with Crippen molar-refractivity contribution in [3.05, 3.63) is 54.6 Å². The van der Waals surface area contributed by atoms with E-state index >= 15 is 0 Å². The largest absolute Gasteiger partial charge is 0.497 e. The van der Waals surface area contributed by atoms with E-state index in [0.29, 0.717) is 16.6 Å². The molecule has 0 saturated carbocycles. The Morgan fingerprint density at radius 3 is 2.54 bits per heavy atom. The number of aliphatic imine (C=N–C) groups is 1. The van der Waals surface area contributed by atoms with E-state index in [1.807, 2.05) is 30.3 Å².